The first-order valence-electron chi connectivity index (χ1n) is 8.71. The van der Waals surface area contributed by atoms with Crippen LogP contribution in [-0.4, -0.2) is 52.3 Å². The van der Waals surface area contributed by atoms with Gasteiger partial charge in [-0.05, 0) is 26.2 Å². The van der Waals surface area contributed by atoms with Crippen LogP contribution in [0.2, 0.25) is 0 Å². The van der Waals surface area contributed by atoms with Crippen molar-refractivity contribution in [1.29, 1.82) is 0 Å². The molecular weight excluding hydrogens is 336 g/mol. The zero-order valence-electron chi connectivity index (χ0n) is 15.3. The molecule has 1 aliphatic rings. The molecule has 25 heavy (non-hydrogen) atoms. The number of anilines is 2. The van der Waals surface area contributed by atoms with Crippen LogP contribution in [0.1, 0.15) is 30.2 Å². The van der Waals surface area contributed by atoms with Crippen molar-refractivity contribution < 1.29 is 4.79 Å². The molecule has 8 heteroatoms. The first-order chi connectivity index (χ1) is 11.9. The third-order valence-corrected chi connectivity index (χ3v) is 5.14. The summed E-state index contributed by atoms with van der Waals surface area (Å²) in [5.41, 5.74) is 2.05. The minimum absolute atomic E-state index is 0.0356. The highest BCUT2D eigenvalue weighted by atomic mass is 32.1. The Kier molecular flexibility index (Phi) is 5.27. The van der Waals surface area contributed by atoms with E-state index in [9.17, 15) is 4.79 Å². The predicted molar refractivity (Wildman–Crippen MR) is 102 cm³/mol. The van der Waals surface area contributed by atoms with Crippen molar-refractivity contribution in [1.82, 2.24) is 20.1 Å². The van der Waals surface area contributed by atoms with Crippen molar-refractivity contribution in [3.05, 3.63) is 22.5 Å². The number of nitrogens with one attached hydrogen (secondary N) is 2. The summed E-state index contributed by atoms with van der Waals surface area (Å²) in [5, 5.41) is 12.2. The van der Waals surface area contributed by atoms with Gasteiger partial charge in [0.05, 0.1) is 10.7 Å². The highest BCUT2D eigenvalue weighted by Crippen LogP contribution is 2.27. The molecule has 0 radical (unpaired) electrons. The van der Waals surface area contributed by atoms with E-state index in [2.05, 4.69) is 39.2 Å². The molecule has 136 valence electrons. The summed E-state index contributed by atoms with van der Waals surface area (Å²) >= 11 is 1.55. The maximum atomic E-state index is 12.6. The van der Waals surface area contributed by atoms with Gasteiger partial charge in [-0.3, -0.25) is 10.4 Å². The molecule has 1 aliphatic heterocycles. The number of thiazole rings is 1. The van der Waals surface area contributed by atoms with Crippen molar-refractivity contribution in [2.45, 2.75) is 34.1 Å². The van der Waals surface area contributed by atoms with Crippen molar-refractivity contribution >= 4 is 28.2 Å². The van der Waals surface area contributed by atoms with Crippen LogP contribution in [0.4, 0.5) is 15.6 Å². The van der Waals surface area contributed by atoms with Gasteiger partial charge in [-0.1, -0.05) is 13.8 Å². The molecule has 7 nitrogen and oxygen atoms in total. The third kappa shape index (κ3) is 4.31. The number of aryl methyl sites for hydroxylation is 2. The second kappa shape index (κ2) is 7.43. The van der Waals surface area contributed by atoms with Gasteiger partial charge in [0.25, 0.3) is 0 Å². The van der Waals surface area contributed by atoms with Gasteiger partial charge >= 0.3 is 6.03 Å². The Hall–Kier alpha value is -2.09. The molecule has 0 saturated carbocycles. The first-order valence-corrected chi connectivity index (χ1v) is 9.53. The van der Waals surface area contributed by atoms with E-state index in [1.807, 2.05) is 24.8 Å². The highest BCUT2D eigenvalue weighted by Gasteiger charge is 2.23. The van der Waals surface area contributed by atoms with E-state index in [0.29, 0.717) is 19.0 Å². The average molecular weight is 363 g/mol. The minimum atomic E-state index is -0.0356. The van der Waals surface area contributed by atoms with Gasteiger partial charge in [-0.15, -0.1) is 11.3 Å². The standard InChI is InChI=1S/C17H26N6OS/c1-11(2)9-14-16(25-13(4)18-14)19-17(24)23-7-5-22(6-8-23)15-10-12(3)20-21-15/h10-11H,5-9H2,1-4H3,(H,19,24)(H,20,21). The number of H-pyrrole nitrogens is 1. The molecule has 2 aromatic rings. The van der Waals surface area contributed by atoms with Crippen LogP contribution in [-0.2, 0) is 6.42 Å². The van der Waals surface area contributed by atoms with Crippen LogP contribution in [0.3, 0.4) is 0 Å². The number of hydrogen-bond donors (Lipinski definition) is 2. The second-order valence-electron chi connectivity index (χ2n) is 6.92. The van der Waals surface area contributed by atoms with Gasteiger partial charge in [-0.2, -0.15) is 5.10 Å². The van der Waals surface area contributed by atoms with E-state index in [1.54, 1.807) is 11.3 Å². The molecule has 0 spiro atoms. The third-order valence-electron chi connectivity index (χ3n) is 4.21. The fraction of sp³-hybridized carbons (Fsp3) is 0.588. The Bertz CT molecular complexity index is 729. The monoisotopic (exact) mass is 362 g/mol. The average Bonchev–Trinajstić information content (AvgIpc) is 3.13. The van der Waals surface area contributed by atoms with Crippen LogP contribution >= 0.6 is 11.3 Å². The summed E-state index contributed by atoms with van der Waals surface area (Å²) in [5.74, 6) is 1.47. The molecule has 1 fully saturated rings. The molecule has 0 bridgehead atoms. The number of rotatable bonds is 4. The molecular formula is C17H26N6OS. The van der Waals surface area contributed by atoms with E-state index in [4.69, 9.17) is 0 Å². The maximum absolute atomic E-state index is 12.6. The summed E-state index contributed by atoms with van der Waals surface area (Å²) in [7, 11) is 0. The van der Waals surface area contributed by atoms with E-state index in [0.717, 1.165) is 46.7 Å². The number of amides is 2. The molecule has 2 amide bonds. The second-order valence-corrected chi connectivity index (χ2v) is 8.12. The predicted octanol–water partition coefficient (Wildman–Crippen LogP) is 3.04. The summed E-state index contributed by atoms with van der Waals surface area (Å²) in [6.45, 7) is 11.3. The Morgan fingerprint density at radius 2 is 2.04 bits per heavy atom. The number of hydrogen-bond acceptors (Lipinski definition) is 5. The Morgan fingerprint density at radius 3 is 2.64 bits per heavy atom. The van der Waals surface area contributed by atoms with Crippen molar-refractivity contribution in [2.75, 3.05) is 36.4 Å². The number of nitrogens with zero attached hydrogens (tertiary/aromatic N) is 4. The molecule has 0 unspecified atom stereocenters. The number of carbonyl (C=O) groups excluding carboxylic acids is 1. The Morgan fingerprint density at radius 1 is 1.32 bits per heavy atom. The van der Waals surface area contributed by atoms with Crippen LogP contribution in [0, 0.1) is 19.8 Å². The van der Waals surface area contributed by atoms with E-state index in [1.165, 1.54) is 0 Å². The lowest BCUT2D eigenvalue weighted by atomic mass is 10.1. The largest absolute Gasteiger partial charge is 0.352 e. The molecule has 0 aromatic carbocycles. The number of carbonyl (C=O) groups is 1. The van der Waals surface area contributed by atoms with Crippen LogP contribution in [0.15, 0.2) is 6.07 Å². The number of piperazine rings is 1. The van der Waals surface area contributed by atoms with Crippen LogP contribution in [0.25, 0.3) is 0 Å². The fourth-order valence-corrected chi connectivity index (χ4v) is 3.81. The number of aromatic amines is 1. The molecule has 1 saturated heterocycles. The van der Waals surface area contributed by atoms with Crippen molar-refractivity contribution in [3.63, 3.8) is 0 Å². The van der Waals surface area contributed by atoms with Crippen LogP contribution in [0.5, 0.6) is 0 Å². The summed E-state index contributed by atoms with van der Waals surface area (Å²) in [4.78, 5) is 21.3. The minimum Gasteiger partial charge on any atom is -0.352 e. The number of aromatic nitrogens is 3. The molecule has 0 aliphatic carbocycles. The van der Waals surface area contributed by atoms with Gasteiger partial charge in [0.15, 0.2) is 5.82 Å². The summed E-state index contributed by atoms with van der Waals surface area (Å²) in [6, 6.07) is 2.00. The van der Waals surface area contributed by atoms with Gasteiger partial charge in [0.2, 0.25) is 0 Å². The normalized spacial score (nSPS) is 15.1. The zero-order valence-corrected chi connectivity index (χ0v) is 16.1. The highest BCUT2D eigenvalue weighted by molar-refractivity contribution is 7.16. The maximum Gasteiger partial charge on any atom is 0.322 e. The SMILES string of the molecule is Cc1cc(N2CCN(C(=O)Nc3sc(C)nc3CC(C)C)CC2)n[nH]1. The Balaban J connectivity index is 1.58. The van der Waals surface area contributed by atoms with Gasteiger partial charge in [0.1, 0.15) is 5.00 Å². The van der Waals surface area contributed by atoms with E-state index in [-0.39, 0.29) is 6.03 Å². The van der Waals surface area contributed by atoms with Crippen molar-refractivity contribution in [2.24, 2.45) is 5.92 Å². The quantitative estimate of drug-likeness (QED) is 0.876. The first kappa shape index (κ1) is 17.7. The zero-order chi connectivity index (χ0) is 18.0. The molecule has 3 rings (SSSR count). The van der Waals surface area contributed by atoms with Crippen molar-refractivity contribution in [3.8, 4) is 0 Å². The van der Waals surface area contributed by atoms with Gasteiger partial charge in [-0.25, -0.2) is 9.78 Å². The lowest BCUT2D eigenvalue weighted by Gasteiger charge is -2.34. The molecule has 0 atom stereocenters. The molecule has 2 N–H and O–H groups in total. The smallest absolute Gasteiger partial charge is 0.322 e. The lowest BCUT2D eigenvalue weighted by Crippen LogP contribution is -2.50. The number of urea groups is 1. The topological polar surface area (TPSA) is 77.2 Å². The van der Waals surface area contributed by atoms with Crippen LogP contribution < -0.4 is 10.2 Å². The molecule has 3 heterocycles. The Labute approximate surface area is 152 Å². The van der Waals surface area contributed by atoms with E-state index < -0.39 is 0 Å². The molecule has 2 aromatic heterocycles. The lowest BCUT2D eigenvalue weighted by molar-refractivity contribution is 0.208. The summed E-state index contributed by atoms with van der Waals surface area (Å²) < 4.78 is 0. The van der Waals surface area contributed by atoms with Gasteiger partial charge < -0.3 is 9.80 Å². The van der Waals surface area contributed by atoms with Gasteiger partial charge in [0, 0.05) is 37.9 Å². The fourth-order valence-electron chi connectivity index (χ4n) is 2.97. The van der Waals surface area contributed by atoms with E-state index >= 15 is 0 Å². The summed E-state index contributed by atoms with van der Waals surface area (Å²) in [6.07, 6.45) is 0.881.